The third-order valence-corrected chi connectivity index (χ3v) is 6.81. The molecular weight excluding hydrogens is 515 g/mol. The van der Waals surface area contributed by atoms with Crippen LogP contribution in [0.5, 0.6) is 0 Å². The minimum absolute atomic E-state index is 0.115. The van der Waals surface area contributed by atoms with Gasteiger partial charge < -0.3 is 0 Å². The number of fused-ring (bicyclic) bond motifs is 1. The number of nitrogens with zero attached hydrogens (tertiary/aromatic N) is 2. The zero-order chi connectivity index (χ0) is 19.0. The zero-order valence-corrected chi connectivity index (χ0v) is 18.5. The van der Waals surface area contributed by atoms with E-state index in [0.29, 0.717) is 31.2 Å². The second kappa shape index (κ2) is 7.87. The summed E-state index contributed by atoms with van der Waals surface area (Å²) in [7, 11) is 0. The first kappa shape index (κ1) is 18.9. The van der Waals surface area contributed by atoms with Gasteiger partial charge in [-0.05, 0) is 53.4 Å². The van der Waals surface area contributed by atoms with Gasteiger partial charge in [-0.25, -0.2) is 9.37 Å². The summed E-state index contributed by atoms with van der Waals surface area (Å²) in [6.45, 7) is 0. The first-order valence-electron chi connectivity index (χ1n) is 7.86. The van der Waals surface area contributed by atoms with Crippen LogP contribution in [0.2, 0.25) is 0 Å². The van der Waals surface area contributed by atoms with E-state index < -0.39 is 0 Å². The van der Waals surface area contributed by atoms with Crippen LogP contribution < -0.4 is 5.56 Å². The molecule has 0 saturated heterocycles. The average Bonchev–Trinajstić information content (AvgIpc) is 3.11. The number of thiophene rings is 1. The topological polar surface area (TPSA) is 34.9 Å². The van der Waals surface area contributed by atoms with Crippen molar-refractivity contribution < 1.29 is 4.39 Å². The Kier molecular flexibility index (Phi) is 5.50. The first-order valence-corrected chi connectivity index (χ1v) is 11.3. The van der Waals surface area contributed by atoms with E-state index in [2.05, 4.69) is 36.8 Å². The lowest BCUT2D eigenvalue weighted by Gasteiger charge is -2.12. The minimum Gasteiger partial charge on any atom is -0.267 e. The van der Waals surface area contributed by atoms with Crippen molar-refractivity contribution in [2.45, 2.75) is 10.9 Å². The maximum atomic E-state index is 14.2. The highest BCUT2D eigenvalue weighted by molar-refractivity contribution is 9.10. The fraction of sp³-hybridized carbons (Fsp3) is 0.0526. The Labute approximate surface area is 179 Å². The van der Waals surface area contributed by atoms with Crippen molar-refractivity contribution in [2.24, 2.45) is 0 Å². The van der Waals surface area contributed by atoms with Crippen LogP contribution >= 0.6 is 55.0 Å². The number of hydrogen-bond donors (Lipinski definition) is 0. The van der Waals surface area contributed by atoms with E-state index in [1.807, 2.05) is 35.7 Å². The predicted octanol–water partition coefficient (Wildman–Crippen LogP) is 6.40. The third-order valence-electron chi connectivity index (χ3n) is 3.91. The van der Waals surface area contributed by atoms with Gasteiger partial charge >= 0.3 is 0 Å². The molecule has 8 heteroatoms. The first-order chi connectivity index (χ1) is 13.0. The predicted molar refractivity (Wildman–Crippen MR) is 117 cm³/mol. The van der Waals surface area contributed by atoms with Gasteiger partial charge in [0, 0.05) is 14.7 Å². The lowest BCUT2D eigenvalue weighted by Crippen LogP contribution is -2.20. The maximum absolute atomic E-state index is 14.2. The third kappa shape index (κ3) is 3.89. The van der Waals surface area contributed by atoms with E-state index in [4.69, 9.17) is 0 Å². The number of thioether (sulfide) groups is 1. The van der Waals surface area contributed by atoms with Gasteiger partial charge in [-0.2, -0.15) is 0 Å². The molecular formula is C19H11Br2FN2OS2. The Morgan fingerprint density at radius 1 is 1.07 bits per heavy atom. The van der Waals surface area contributed by atoms with Crippen molar-refractivity contribution in [3.63, 3.8) is 0 Å². The fourth-order valence-electron chi connectivity index (χ4n) is 2.59. The summed E-state index contributed by atoms with van der Waals surface area (Å²) in [4.78, 5) is 17.7. The van der Waals surface area contributed by atoms with Crippen LogP contribution in [0.3, 0.4) is 0 Å². The molecule has 0 fully saturated rings. The number of rotatable bonds is 4. The SMILES string of the molecule is O=c1c2sccc2nc(SCc2ccc(Br)cc2F)n1-c1ccc(Br)cc1. The molecule has 0 atom stereocenters. The molecule has 0 amide bonds. The molecule has 4 rings (SSSR count). The van der Waals surface area contributed by atoms with Crippen molar-refractivity contribution in [1.29, 1.82) is 0 Å². The van der Waals surface area contributed by atoms with Crippen LogP contribution in [0.25, 0.3) is 15.9 Å². The molecule has 2 heterocycles. The maximum Gasteiger partial charge on any atom is 0.276 e. The summed E-state index contributed by atoms with van der Waals surface area (Å²) in [6.07, 6.45) is 0. The van der Waals surface area contributed by atoms with Crippen LogP contribution in [0.15, 0.2) is 72.8 Å². The minimum atomic E-state index is -0.286. The van der Waals surface area contributed by atoms with Gasteiger partial charge in [-0.15, -0.1) is 11.3 Å². The highest BCUT2D eigenvalue weighted by Gasteiger charge is 2.15. The molecule has 0 unspecified atom stereocenters. The van der Waals surface area contributed by atoms with E-state index >= 15 is 0 Å². The van der Waals surface area contributed by atoms with E-state index in [0.717, 1.165) is 10.2 Å². The lowest BCUT2D eigenvalue weighted by atomic mass is 10.2. The van der Waals surface area contributed by atoms with E-state index in [-0.39, 0.29) is 11.4 Å². The molecule has 3 nitrogen and oxygen atoms in total. The summed E-state index contributed by atoms with van der Waals surface area (Å²) in [6, 6.07) is 14.3. The highest BCUT2D eigenvalue weighted by Crippen LogP contribution is 2.28. The normalized spacial score (nSPS) is 11.2. The van der Waals surface area contributed by atoms with Crippen molar-refractivity contribution in [1.82, 2.24) is 9.55 Å². The summed E-state index contributed by atoms with van der Waals surface area (Å²) in [5.41, 5.74) is 1.84. The van der Waals surface area contributed by atoms with E-state index in [9.17, 15) is 9.18 Å². The largest absolute Gasteiger partial charge is 0.276 e. The Morgan fingerprint density at radius 2 is 1.81 bits per heavy atom. The number of benzene rings is 2. The molecule has 2 aromatic carbocycles. The molecule has 4 aromatic rings. The van der Waals surface area contributed by atoms with Gasteiger partial charge in [-0.1, -0.05) is 49.7 Å². The van der Waals surface area contributed by atoms with Crippen LogP contribution in [-0.2, 0) is 5.75 Å². The van der Waals surface area contributed by atoms with E-state index in [1.165, 1.54) is 29.2 Å². The summed E-state index contributed by atoms with van der Waals surface area (Å²) >= 11 is 9.39. The van der Waals surface area contributed by atoms with Crippen LogP contribution in [0.4, 0.5) is 4.39 Å². The molecule has 0 N–H and O–H groups in total. The lowest BCUT2D eigenvalue weighted by molar-refractivity contribution is 0.616. The van der Waals surface area contributed by atoms with Crippen molar-refractivity contribution >= 4 is 65.2 Å². The monoisotopic (exact) mass is 524 g/mol. The molecule has 27 heavy (non-hydrogen) atoms. The van der Waals surface area contributed by atoms with Crippen molar-refractivity contribution in [3.05, 3.63) is 84.6 Å². The molecule has 0 saturated carbocycles. The highest BCUT2D eigenvalue weighted by atomic mass is 79.9. The van der Waals surface area contributed by atoms with Gasteiger partial charge in [0.15, 0.2) is 5.16 Å². The van der Waals surface area contributed by atoms with Crippen molar-refractivity contribution in [2.75, 3.05) is 0 Å². The standard InChI is InChI=1S/C19H11Br2FN2OS2/c20-12-3-5-14(6-4-12)24-18(25)17-16(7-8-26-17)23-19(24)27-10-11-1-2-13(21)9-15(11)22/h1-9H,10H2. The second-order valence-electron chi connectivity index (χ2n) is 5.67. The quantitative estimate of drug-likeness (QED) is 0.228. The Balaban J connectivity index is 1.79. The van der Waals surface area contributed by atoms with Gasteiger partial charge in [0.25, 0.3) is 5.56 Å². The Bertz CT molecular complexity index is 1190. The number of aromatic nitrogens is 2. The molecule has 0 aliphatic carbocycles. The van der Waals surface area contributed by atoms with Crippen LogP contribution in [-0.4, -0.2) is 9.55 Å². The van der Waals surface area contributed by atoms with Crippen LogP contribution in [0.1, 0.15) is 5.56 Å². The molecule has 0 aliphatic rings. The molecule has 0 bridgehead atoms. The Morgan fingerprint density at radius 3 is 2.56 bits per heavy atom. The number of hydrogen-bond acceptors (Lipinski definition) is 4. The molecule has 136 valence electrons. The fourth-order valence-corrected chi connectivity index (χ4v) is 4.94. The van der Waals surface area contributed by atoms with Crippen molar-refractivity contribution in [3.8, 4) is 5.69 Å². The van der Waals surface area contributed by atoms with Gasteiger partial charge in [0.2, 0.25) is 0 Å². The second-order valence-corrected chi connectivity index (χ2v) is 9.36. The van der Waals surface area contributed by atoms with Gasteiger partial charge in [-0.3, -0.25) is 9.36 Å². The Hall–Kier alpha value is -1.48. The van der Waals surface area contributed by atoms with Gasteiger partial charge in [0.1, 0.15) is 10.5 Å². The van der Waals surface area contributed by atoms with Crippen LogP contribution in [0, 0.1) is 5.82 Å². The summed E-state index contributed by atoms with van der Waals surface area (Å²) < 4.78 is 18.0. The van der Waals surface area contributed by atoms with E-state index in [1.54, 1.807) is 16.7 Å². The van der Waals surface area contributed by atoms with Gasteiger partial charge in [0.05, 0.1) is 11.2 Å². The molecule has 0 spiro atoms. The summed E-state index contributed by atoms with van der Waals surface area (Å²) in [5.74, 6) is 0.0867. The smallest absolute Gasteiger partial charge is 0.267 e. The average molecular weight is 526 g/mol. The summed E-state index contributed by atoms with van der Waals surface area (Å²) in [5, 5.41) is 2.39. The molecule has 2 aromatic heterocycles. The molecule has 0 radical (unpaired) electrons. The zero-order valence-electron chi connectivity index (χ0n) is 13.7. The molecule has 0 aliphatic heterocycles. The number of halogens is 3.